The maximum Gasteiger partial charge on any atom is 0.220 e. The maximum absolute atomic E-state index is 13.0. The Morgan fingerprint density at radius 1 is 1.21 bits per heavy atom. The van der Waals surface area contributed by atoms with E-state index in [9.17, 15) is 9.18 Å². The minimum atomic E-state index is -0.281. The van der Waals surface area contributed by atoms with Gasteiger partial charge >= 0.3 is 0 Å². The van der Waals surface area contributed by atoms with Gasteiger partial charge in [0.15, 0.2) is 5.16 Å². The van der Waals surface area contributed by atoms with Crippen molar-refractivity contribution in [3.05, 3.63) is 52.6 Å². The zero-order valence-corrected chi connectivity index (χ0v) is 15.2. The first-order chi connectivity index (χ1) is 11.4. The third-order valence-electron chi connectivity index (χ3n) is 3.93. The van der Waals surface area contributed by atoms with Crippen LogP contribution in [-0.4, -0.2) is 22.1 Å². The van der Waals surface area contributed by atoms with Crippen molar-refractivity contribution in [3.8, 4) is 0 Å². The van der Waals surface area contributed by atoms with Gasteiger partial charge in [0, 0.05) is 17.8 Å². The van der Waals surface area contributed by atoms with Gasteiger partial charge in [0.05, 0.1) is 6.04 Å². The maximum atomic E-state index is 13.0. The Labute approximate surface area is 146 Å². The van der Waals surface area contributed by atoms with E-state index in [1.807, 2.05) is 27.0 Å². The monoisotopic (exact) mass is 347 g/mol. The molecule has 1 aromatic carbocycles. The van der Waals surface area contributed by atoms with Crippen LogP contribution in [0, 0.1) is 19.7 Å². The number of aryl methyl sites for hydroxylation is 2. The average molecular weight is 347 g/mol. The zero-order valence-electron chi connectivity index (χ0n) is 14.4. The van der Waals surface area contributed by atoms with Crippen molar-refractivity contribution >= 4 is 17.7 Å². The highest BCUT2D eigenvalue weighted by atomic mass is 32.2. The fourth-order valence-electron chi connectivity index (χ4n) is 2.55. The van der Waals surface area contributed by atoms with Gasteiger partial charge in [-0.3, -0.25) is 4.79 Å². The molecular formula is C18H22FN3OS. The van der Waals surface area contributed by atoms with Gasteiger partial charge in [0.25, 0.3) is 0 Å². The van der Waals surface area contributed by atoms with Crippen LogP contribution in [0.5, 0.6) is 0 Å². The van der Waals surface area contributed by atoms with Crippen molar-refractivity contribution in [2.75, 3.05) is 6.26 Å². The number of hydrogen-bond donors (Lipinski definition) is 1. The van der Waals surface area contributed by atoms with Gasteiger partial charge in [0.2, 0.25) is 5.91 Å². The molecule has 1 N–H and O–H groups in total. The Kier molecular flexibility index (Phi) is 6.31. The van der Waals surface area contributed by atoms with Crippen molar-refractivity contribution < 1.29 is 9.18 Å². The van der Waals surface area contributed by atoms with Gasteiger partial charge in [0.1, 0.15) is 5.82 Å². The molecule has 1 heterocycles. The summed E-state index contributed by atoms with van der Waals surface area (Å²) in [6, 6.07) is 6.01. The van der Waals surface area contributed by atoms with Crippen LogP contribution < -0.4 is 5.32 Å². The molecule has 0 aliphatic carbocycles. The number of thioether (sulfide) groups is 1. The highest BCUT2D eigenvalue weighted by Gasteiger charge is 2.13. The first kappa shape index (κ1) is 18.4. The van der Waals surface area contributed by atoms with E-state index in [2.05, 4.69) is 15.3 Å². The second-order valence-corrected chi connectivity index (χ2v) is 6.47. The molecular weight excluding hydrogens is 325 g/mol. The number of nitrogens with one attached hydrogen (secondary N) is 1. The topological polar surface area (TPSA) is 54.9 Å². The smallest absolute Gasteiger partial charge is 0.220 e. The number of amides is 1. The summed E-state index contributed by atoms with van der Waals surface area (Å²) in [6.45, 7) is 5.78. The Bertz CT molecular complexity index is 696. The van der Waals surface area contributed by atoms with Gasteiger partial charge in [-0.2, -0.15) is 0 Å². The number of nitrogens with zero attached hydrogens (tertiary/aromatic N) is 2. The fraction of sp³-hybridized carbons (Fsp3) is 0.389. The largest absolute Gasteiger partial charge is 0.350 e. The van der Waals surface area contributed by atoms with Crippen molar-refractivity contribution in [2.45, 2.75) is 44.8 Å². The number of carbonyl (C=O) groups is 1. The molecule has 4 nitrogen and oxygen atoms in total. The third kappa shape index (κ3) is 4.77. The number of rotatable bonds is 6. The summed E-state index contributed by atoms with van der Waals surface area (Å²) in [5.74, 6) is -0.323. The summed E-state index contributed by atoms with van der Waals surface area (Å²) >= 11 is 1.51. The van der Waals surface area contributed by atoms with Crippen LogP contribution in [0.15, 0.2) is 29.4 Å². The first-order valence-corrected chi connectivity index (χ1v) is 9.06. The predicted molar refractivity (Wildman–Crippen MR) is 94.6 cm³/mol. The van der Waals surface area contributed by atoms with E-state index in [1.165, 1.54) is 23.9 Å². The molecule has 0 saturated heterocycles. The summed E-state index contributed by atoms with van der Waals surface area (Å²) in [6.07, 6.45) is 2.92. The molecule has 0 spiro atoms. The summed E-state index contributed by atoms with van der Waals surface area (Å²) in [5, 5.41) is 3.69. The second kappa shape index (κ2) is 8.24. The second-order valence-electron chi connectivity index (χ2n) is 5.70. The van der Waals surface area contributed by atoms with E-state index in [4.69, 9.17) is 0 Å². The molecule has 0 aliphatic heterocycles. The Morgan fingerprint density at radius 2 is 1.79 bits per heavy atom. The van der Waals surface area contributed by atoms with Crippen LogP contribution in [0.2, 0.25) is 0 Å². The lowest BCUT2D eigenvalue weighted by atomic mass is 10.1. The van der Waals surface area contributed by atoms with Crippen molar-refractivity contribution in [3.63, 3.8) is 0 Å². The van der Waals surface area contributed by atoms with Crippen LogP contribution in [0.3, 0.4) is 0 Å². The van der Waals surface area contributed by atoms with Gasteiger partial charge in [-0.1, -0.05) is 23.9 Å². The molecule has 128 valence electrons. The lowest BCUT2D eigenvalue weighted by molar-refractivity contribution is -0.121. The molecule has 0 saturated carbocycles. The van der Waals surface area contributed by atoms with E-state index in [0.717, 1.165) is 27.7 Å². The van der Waals surface area contributed by atoms with Crippen molar-refractivity contribution in [1.29, 1.82) is 0 Å². The molecule has 0 fully saturated rings. The molecule has 2 rings (SSSR count). The molecule has 1 amide bonds. The van der Waals surface area contributed by atoms with Crippen molar-refractivity contribution in [2.24, 2.45) is 0 Å². The molecule has 0 radical (unpaired) electrons. The number of benzene rings is 1. The Hall–Kier alpha value is -1.95. The van der Waals surface area contributed by atoms with Crippen LogP contribution in [0.1, 0.15) is 41.9 Å². The molecule has 1 aromatic heterocycles. The van der Waals surface area contributed by atoms with Gasteiger partial charge in [-0.25, -0.2) is 14.4 Å². The van der Waals surface area contributed by atoms with Gasteiger partial charge in [-0.15, -0.1) is 0 Å². The summed E-state index contributed by atoms with van der Waals surface area (Å²) in [4.78, 5) is 21.0. The molecule has 2 aromatic rings. The Balaban J connectivity index is 1.95. The van der Waals surface area contributed by atoms with Gasteiger partial charge < -0.3 is 5.32 Å². The van der Waals surface area contributed by atoms with E-state index < -0.39 is 0 Å². The van der Waals surface area contributed by atoms with Gasteiger partial charge in [-0.05, 0) is 56.7 Å². The van der Waals surface area contributed by atoms with Crippen LogP contribution in [0.25, 0.3) is 0 Å². The SMILES string of the molecule is CSc1nc(C)c(CCC(=O)N[C@@H](C)c2ccc(F)cc2)c(C)n1. The van der Waals surface area contributed by atoms with Crippen LogP contribution >= 0.6 is 11.8 Å². The zero-order chi connectivity index (χ0) is 17.7. The highest BCUT2D eigenvalue weighted by Crippen LogP contribution is 2.18. The minimum absolute atomic E-state index is 0.0421. The van der Waals surface area contributed by atoms with E-state index in [1.54, 1.807) is 12.1 Å². The standard InChI is InChI=1S/C18H22FN3OS/c1-11(14-5-7-15(19)8-6-14)20-17(23)10-9-16-12(2)21-18(24-4)22-13(16)3/h5-8,11H,9-10H2,1-4H3,(H,20,23)/t11-/m0/s1. The number of halogens is 1. The normalized spacial score (nSPS) is 12.0. The van der Waals surface area contributed by atoms with Crippen LogP contribution in [-0.2, 0) is 11.2 Å². The fourth-order valence-corrected chi connectivity index (χ4v) is 3.01. The molecule has 24 heavy (non-hydrogen) atoms. The van der Waals surface area contributed by atoms with E-state index in [-0.39, 0.29) is 17.8 Å². The molecule has 0 bridgehead atoms. The summed E-state index contributed by atoms with van der Waals surface area (Å²) in [5.41, 5.74) is 3.75. The molecule has 0 aliphatic rings. The molecule has 6 heteroatoms. The first-order valence-electron chi connectivity index (χ1n) is 7.83. The summed E-state index contributed by atoms with van der Waals surface area (Å²) in [7, 11) is 0. The minimum Gasteiger partial charge on any atom is -0.350 e. The summed E-state index contributed by atoms with van der Waals surface area (Å²) < 4.78 is 13.0. The van der Waals surface area contributed by atoms with E-state index in [0.29, 0.717) is 12.8 Å². The van der Waals surface area contributed by atoms with Crippen LogP contribution in [0.4, 0.5) is 4.39 Å². The quantitative estimate of drug-likeness (QED) is 0.638. The average Bonchev–Trinajstić information content (AvgIpc) is 2.54. The van der Waals surface area contributed by atoms with Crippen molar-refractivity contribution in [1.82, 2.24) is 15.3 Å². The highest BCUT2D eigenvalue weighted by molar-refractivity contribution is 7.98. The number of aromatic nitrogens is 2. The Morgan fingerprint density at radius 3 is 2.33 bits per heavy atom. The number of hydrogen-bond acceptors (Lipinski definition) is 4. The predicted octanol–water partition coefficient (Wildman–Crippen LogP) is 3.76. The molecule has 0 unspecified atom stereocenters. The van der Waals surface area contributed by atoms with E-state index >= 15 is 0 Å². The third-order valence-corrected chi connectivity index (χ3v) is 4.48. The lowest BCUT2D eigenvalue weighted by Crippen LogP contribution is -2.27. The number of carbonyl (C=O) groups excluding carboxylic acids is 1. The molecule has 1 atom stereocenters. The lowest BCUT2D eigenvalue weighted by Gasteiger charge is -2.15.